The Bertz CT molecular complexity index is 1200. The van der Waals surface area contributed by atoms with Gasteiger partial charge in [0.1, 0.15) is 17.3 Å². The SMILES string of the molecule is Cc1cc(NC(=O)c2ccnn2COc2ccc(Cl)cc2)nn1Cc1ccccc1F. The van der Waals surface area contributed by atoms with Gasteiger partial charge in [0.05, 0.1) is 6.54 Å². The van der Waals surface area contributed by atoms with E-state index in [1.165, 1.54) is 16.9 Å². The van der Waals surface area contributed by atoms with Crippen molar-refractivity contribution >= 4 is 23.3 Å². The Morgan fingerprint density at radius 3 is 2.68 bits per heavy atom. The Morgan fingerprint density at radius 1 is 1.13 bits per heavy atom. The number of amides is 1. The van der Waals surface area contributed by atoms with Crippen LogP contribution >= 0.6 is 11.6 Å². The van der Waals surface area contributed by atoms with Crippen LogP contribution < -0.4 is 10.1 Å². The molecule has 0 aliphatic rings. The van der Waals surface area contributed by atoms with Crippen LogP contribution in [0.25, 0.3) is 0 Å². The number of hydrogen-bond donors (Lipinski definition) is 1. The van der Waals surface area contributed by atoms with Gasteiger partial charge in [0.15, 0.2) is 12.5 Å². The minimum Gasteiger partial charge on any atom is -0.471 e. The minimum atomic E-state index is -0.382. The van der Waals surface area contributed by atoms with Gasteiger partial charge in [-0.1, -0.05) is 29.8 Å². The van der Waals surface area contributed by atoms with Gasteiger partial charge in [-0.3, -0.25) is 9.48 Å². The number of aryl methyl sites for hydroxylation is 1. The average Bonchev–Trinajstić information content (AvgIpc) is 3.36. The Kier molecular flexibility index (Phi) is 5.99. The van der Waals surface area contributed by atoms with E-state index >= 15 is 0 Å². The van der Waals surface area contributed by atoms with Crippen LogP contribution in [0.1, 0.15) is 21.7 Å². The lowest BCUT2D eigenvalue weighted by Gasteiger charge is -2.09. The minimum absolute atomic E-state index is 0.0537. The second kappa shape index (κ2) is 9.01. The van der Waals surface area contributed by atoms with E-state index in [1.54, 1.807) is 59.3 Å². The van der Waals surface area contributed by atoms with Gasteiger partial charge in [-0.15, -0.1) is 0 Å². The summed E-state index contributed by atoms with van der Waals surface area (Å²) in [5, 5.41) is 11.9. The molecular formula is C22H19ClFN5O2. The summed E-state index contributed by atoms with van der Waals surface area (Å²) in [5.74, 6) is 0.291. The quantitative estimate of drug-likeness (QED) is 0.459. The van der Waals surface area contributed by atoms with Gasteiger partial charge in [-0.2, -0.15) is 10.2 Å². The van der Waals surface area contributed by atoms with Crippen molar-refractivity contribution in [3.05, 3.63) is 94.7 Å². The maximum Gasteiger partial charge on any atom is 0.275 e. The summed E-state index contributed by atoms with van der Waals surface area (Å²) in [4.78, 5) is 12.7. The van der Waals surface area contributed by atoms with Crippen molar-refractivity contribution in [1.82, 2.24) is 19.6 Å². The number of rotatable bonds is 7. The van der Waals surface area contributed by atoms with E-state index in [1.807, 2.05) is 6.92 Å². The average molecular weight is 440 g/mol. The number of carbonyl (C=O) groups is 1. The molecule has 0 saturated carbocycles. The number of carbonyl (C=O) groups excluding carboxylic acids is 1. The van der Waals surface area contributed by atoms with E-state index in [0.717, 1.165) is 5.69 Å². The summed E-state index contributed by atoms with van der Waals surface area (Å²) in [5.41, 5.74) is 1.62. The highest BCUT2D eigenvalue weighted by Crippen LogP contribution is 2.17. The Morgan fingerprint density at radius 2 is 1.90 bits per heavy atom. The molecule has 9 heteroatoms. The van der Waals surface area contributed by atoms with Crippen LogP contribution in [0.15, 0.2) is 66.9 Å². The highest BCUT2D eigenvalue weighted by atomic mass is 35.5. The fourth-order valence-electron chi connectivity index (χ4n) is 2.99. The van der Waals surface area contributed by atoms with Crippen molar-refractivity contribution in [2.24, 2.45) is 0 Å². The van der Waals surface area contributed by atoms with E-state index < -0.39 is 0 Å². The zero-order valence-corrected chi connectivity index (χ0v) is 17.4. The van der Waals surface area contributed by atoms with Crippen molar-refractivity contribution in [3.63, 3.8) is 0 Å². The highest BCUT2D eigenvalue weighted by Gasteiger charge is 2.15. The number of benzene rings is 2. The van der Waals surface area contributed by atoms with Gasteiger partial charge in [-0.25, -0.2) is 9.07 Å². The molecule has 0 unspecified atom stereocenters. The first-order valence-electron chi connectivity index (χ1n) is 9.49. The van der Waals surface area contributed by atoms with Crippen LogP contribution in [-0.4, -0.2) is 25.5 Å². The molecule has 1 N–H and O–H groups in total. The molecule has 0 saturated heterocycles. The van der Waals surface area contributed by atoms with Gasteiger partial charge in [0.2, 0.25) is 0 Å². The Balaban J connectivity index is 1.43. The van der Waals surface area contributed by atoms with Crippen molar-refractivity contribution in [2.45, 2.75) is 20.2 Å². The molecule has 0 fully saturated rings. The summed E-state index contributed by atoms with van der Waals surface area (Å²) in [7, 11) is 0. The van der Waals surface area contributed by atoms with E-state index in [4.69, 9.17) is 16.3 Å². The number of halogens is 2. The molecular weight excluding hydrogens is 421 g/mol. The monoisotopic (exact) mass is 439 g/mol. The van der Waals surface area contributed by atoms with Crippen LogP contribution in [0.4, 0.5) is 10.2 Å². The first kappa shape index (κ1) is 20.6. The van der Waals surface area contributed by atoms with Crippen LogP contribution in [0.3, 0.4) is 0 Å². The number of anilines is 1. The van der Waals surface area contributed by atoms with Crippen molar-refractivity contribution in [1.29, 1.82) is 0 Å². The van der Waals surface area contributed by atoms with Crippen molar-refractivity contribution < 1.29 is 13.9 Å². The molecule has 0 aliphatic heterocycles. The topological polar surface area (TPSA) is 74.0 Å². The molecule has 31 heavy (non-hydrogen) atoms. The lowest BCUT2D eigenvalue weighted by atomic mass is 10.2. The summed E-state index contributed by atoms with van der Waals surface area (Å²) in [6.07, 6.45) is 1.52. The number of ether oxygens (including phenoxy) is 1. The van der Waals surface area contributed by atoms with Gasteiger partial charge >= 0.3 is 0 Å². The first-order chi connectivity index (χ1) is 15.0. The van der Waals surface area contributed by atoms with Crippen LogP contribution in [-0.2, 0) is 13.3 Å². The van der Waals surface area contributed by atoms with Gasteiger partial charge in [-0.05, 0) is 43.3 Å². The molecule has 4 rings (SSSR count). The summed E-state index contributed by atoms with van der Waals surface area (Å²) in [6.45, 7) is 2.16. The van der Waals surface area contributed by atoms with Crippen molar-refractivity contribution in [3.8, 4) is 5.75 Å². The zero-order chi connectivity index (χ0) is 21.8. The largest absolute Gasteiger partial charge is 0.471 e. The number of nitrogens with zero attached hydrogens (tertiary/aromatic N) is 4. The summed E-state index contributed by atoms with van der Waals surface area (Å²) < 4.78 is 22.7. The van der Waals surface area contributed by atoms with Gasteiger partial charge in [0.25, 0.3) is 5.91 Å². The molecule has 0 spiro atoms. The van der Waals surface area contributed by atoms with E-state index in [9.17, 15) is 9.18 Å². The smallest absolute Gasteiger partial charge is 0.275 e. The fourth-order valence-corrected chi connectivity index (χ4v) is 3.12. The molecule has 2 heterocycles. The molecule has 0 aliphatic carbocycles. The highest BCUT2D eigenvalue weighted by molar-refractivity contribution is 6.30. The third-order valence-corrected chi connectivity index (χ3v) is 4.87. The second-order valence-electron chi connectivity index (χ2n) is 6.82. The molecule has 2 aromatic carbocycles. The second-order valence-corrected chi connectivity index (χ2v) is 7.25. The van der Waals surface area contributed by atoms with Crippen molar-refractivity contribution in [2.75, 3.05) is 5.32 Å². The number of aromatic nitrogens is 4. The molecule has 4 aromatic rings. The summed E-state index contributed by atoms with van der Waals surface area (Å²) >= 11 is 5.87. The molecule has 0 bridgehead atoms. The standard InChI is InChI=1S/C22H19ClFN5O2/c1-15-12-21(27-28(15)13-16-4-2-3-5-19(16)24)26-22(30)20-10-11-25-29(20)14-31-18-8-6-17(23)7-9-18/h2-12H,13-14H2,1H3,(H,26,27,30). The molecule has 7 nitrogen and oxygen atoms in total. The fraction of sp³-hybridized carbons (Fsp3) is 0.136. The normalized spacial score (nSPS) is 10.8. The first-order valence-corrected chi connectivity index (χ1v) is 9.87. The van der Waals surface area contributed by atoms with E-state index in [0.29, 0.717) is 27.8 Å². The maximum absolute atomic E-state index is 13.9. The number of hydrogen-bond acceptors (Lipinski definition) is 4. The lowest BCUT2D eigenvalue weighted by molar-refractivity contribution is 0.100. The van der Waals surface area contributed by atoms with Gasteiger partial charge in [0, 0.05) is 28.5 Å². The molecule has 0 atom stereocenters. The Labute approximate surface area is 183 Å². The predicted octanol–water partition coefficient (Wildman–Crippen LogP) is 4.52. The van der Waals surface area contributed by atoms with E-state index in [2.05, 4.69) is 15.5 Å². The van der Waals surface area contributed by atoms with Gasteiger partial charge < -0.3 is 10.1 Å². The molecule has 1 amide bonds. The third-order valence-electron chi connectivity index (χ3n) is 4.62. The maximum atomic E-state index is 13.9. The Hall–Kier alpha value is -3.65. The summed E-state index contributed by atoms with van der Waals surface area (Å²) in [6, 6.07) is 16.7. The molecule has 158 valence electrons. The van der Waals surface area contributed by atoms with Crippen LogP contribution in [0, 0.1) is 12.7 Å². The van der Waals surface area contributed by atoms with E-state index in [-0.39, 0.29) is 25.0 Å². The molecule has 0 radical (unpaired) electrons. The number of nitrogens with one attached hydrogen (secondary N) is 1. The zero-order valence-electron chi connectivity index (χ0n) is 16.6. The lowest BCUT2D eigenvalue weighted by Crippen LogP contribution is -2.20. The predicted molar refractivity (Wildman–Crippen MR) is 115 cm³/mol. The molecule has 2 aromatic heterocycles. The van der Waals surface area contributed by atoms with Crippen LogP contribution in [0.2, 0.25) is 5.02 Å². The van der Waals surface area contributed by atoms with Crippen LogP contribution in [0.5, 0.6) is 5.75 Å². The third kappa shape index (κ3) is 4.92.